The fourth-order valence-corrected chi connectivity index (χ4v) is 1.96. The number of benzene rings is 1. The average Bonchev–Trinajstić information content (AvgIpc) is 2.43. The highest BCUT2D eigenvalue weighted by atomic mass is 35.5. The van der Waals surface area contributed by atoms with Gasteiger partial charge >= 0.3 is 0 Å². The van der Waals surface area contributed by atoms with Gasteiger partial charge in [-0.25, -0.2) is 0 Å². The van der Waals surface area contributed by atoms with Crippen molar-refractivity contribution in [2.24, 2.45) is 0 Å². The van der Waals surface area contributed by atoms with Crippen molar-refractivity contribution in [3.05, 3.63) is 35.0 Å². The normalized spacial score (nSPS) is 9.11. The Kier molecular flexibility index (Phi) is 5.73. The summed E-state index contributed by atoms with van der Waals surface area (Å²) < 4.78 is 0. The molecule has 0 saturated heterocycles. The van der Waals surface area contributed by atoms with Crippen LogP contribution in [-0.4, -0.2) is 13.1 Å². The molecule has 0 aromatic heterocycles. The van der Waals surface area contributed by atoms with Crippen LogP contribution < -0.4 is 10.2 Å². The molecular weight excluding hydrogens is 260 g/mol. The molecule has 0 spiro atoms. The first kappa shape index (κ1) is 14.9. The van der Waals surface area contributed by atoms with Gasteiger partial charge in [0.05, 0.1) is 10.7 Å². The monoisotopic (exact) mass is 274 g/mol. The maximum Gasteiger partial charge on any atom is 0.145 e. The Morgan fingerprint density at radius 1 is 1.32 bits per heavy atom. The second kappa shape index (κ2) is 7.31. The van der Waals surface area contributed by atoms with Crippen LogP contribution in [-0.2, 0) is 0 Å². The summed E-state index contributed by atoms with van der Waals surface area (Å²) in [5.74, 6) is 0. The van der Waals surface area contributed by atoms with Gasteiger partial charge in [0, 0.05) is 25.0 Å². The van der Waals surface area contributed by atoms with E-state index in [0.717, 1.165) is 24.5 Å². The van der Waals surface area contributed by atoms with Gasteiger partial charge in [-0.05, 0) is 32.0 Å². The van der Waals surface area contributed by atoms with E-state index in [1.54, 1.807) is 18.2 Å². The van der Waals surface area contributed by atoms with E-state index in [0.29, 0.717) is 5.02 Å². The summed E-state index contributed by atoms with van der Waals surface area (Å²) in [4.78, 5) is 2.15. The van der Waals surface area contributed by atoms with Gasteiger partial charge in [-0.2, -0.15) is 10.5 Å². The Morgan fingerprint density at radius 2 is 1.95 bits per heavy atom. The van der Waals surface area contributed by atoms with Crippen LogP contribution in [0.1, 0.15) is 13.8 Å². The molecule has 0 radical (unpaired) electrons. The third-order valence-corrected chi connectivity index (χ3v) is 2.98. The minimum absolute atomic E-state index is 0.0175. The van der Waals surface area contributed by atoms with E-state index in [2.05, 4.69) is 24.1 Å². The maximum absolute atomic E-state index is 8.63. The molecule has 98 valence electrons. The number of anilines is 2. The van der Waals surface area contributed by atoms with E-state index in [1.165, 1.54) is 6.20 Å². The fourth-order valence-electron chi connectivity index (χ4n) is 1.66. The molecule has 0 bridgehead atoms. The quantitative estimate of drug-likeness (QED) is 0.835. The predicted octanol–water partition coefficient (Wildman–Crippen LogP) is 3.53. The molecule has 4 nitrogen and oxygen atoms in total. The van der Waals surface area contributed by atoms with E-state index >= 15 is 0 Å². The number of rotatable bonds is 5. The van der Waals surface area contributed by atoms with Gasteiger partial charge in [-0.3, -0.25) is 0 Å². The van der Waals surface area contributed by atoms with Gasteiger partial charge < -0.3 is 10.2 Å². The second-order valence-electron chi connectivity index (χ2n) is 3.76. The van der Waals surface area contributed by atoms with E-state index < -0.39 is 0 Å². The zero-order valence-corrected chi connectivity index (χ0v) is 11.7. The van der Waals surface area contributed by atoms with Gasteiger partial charge in [0.25, 0.3) is 0 Å². The first-order valence-corrected chi connectivity index (χ1v) is 6.35. The van der Waals surface area contributed by atoms with Crippen molar-refractivity contribution < 1.29 is 0 Å². The van der Waals surface area contributed by atoms with Crippen molar-refractivity contribution in [3.63, 3.8) is 0 Å². The summed E-state index contributed by atoms with van der Waals surface area (Å²) in [6.45, 7) is 5.91. The molecule has 0 aliphatic carbocycles. The lowest BCUT2D eigenvalue weighted by Crippen LogP contribution is -2.22. The van der Waals surface area contributed by atoms with Gasteiger partial charge in [0.15, 0.2) is 0 Å². The molecule has 0 atom stereocenters. The third kappa shape index (κ3) is 3.91. The molecule has 19 heavy (non-hydrogen) atoms. The van der Waals surface area contributed by atoms with Crippen molar-refractivity contribution >= 4 is 23.0 Å². The Labute approximate surface area is 118 Å². The largest absolute Gasteiger partial charge is 0.371 e. The molecule has 0 amide bonds. The van der Waals surface area contributed by atoms with Crippen LogP contribution in [0.5, 0.6) is 0 Å². The summed E-state index contributed by atoms with van der Waals surface area (Å²) in [6.07, 6.45) is 1.36. The number of halogens is 1. The SMILES string of the molecule is CCN(CC)c1ccc(NC=C(C#N)C#N)cc1Cl. The van der Waals surface area contributed by atoms with Gasteiger partial charge in [-0.15, -0.1) is 0 Å². The number of nitrogens with one attached hydrogen (secondary N) is 1. The average molecular weight is 275 g/mol. The molecule has 0 unspecified atom stereocenters. The smallest absolute Gasteiger partial charge is 0.145 e. The van der Waals surface area contributed by atoms with Crippen molar-refractivity contribution in [2.45, 2.75) is 13.8 Å². The molecule has 1 N–H and O–H groups in total. The molecule has 0 aliphatic heterocycles. The Hall–Kier alpha value is -2.17. The highest BCUT2D eigenvalue weighted by Crippen LogP contribution is 2.28. The molecule has 0 aliphatic rings. The van der Waals surface area contributed by atoms with Crippen LogP contribution in [0.15, 0.2) is 30.0 Å². The summed E-state index contributed by atoms with van der Waals surface area (Å²) in [7, 11) is 0. The minimum Gasteiger partial charge on any atom is -0.371 e. The van der Waals surface area contributed by atoms with Crippen molar-refractivity contribution in [1.29, 1.82) is 10.5 Å². The lowest BCUT2D eigenvalue weighted by atomic mass is 10.2. The zero-order chi connectivity index (χ0) is 14.3. The molecule has 1 rings (SSSR count). The Morgan fingerprint density at radius 3 is 2.42 bits per heavy atom. The molecule has 1 aromatic carbocycles. The van der Waals surface area contributed by atoms with Crippen molar-refractivity contribution in [2.75, 3.05) is 23.3 Å². The molecule has 0 fully saturated rings. The van der Waals surface area contributed by atoms with E-state index in [-0.39, 0.29) is 5.57 Å². The molecular formula is C14H15ClN4. The maximum atomic E-state index is 8.63. The highest BCUT2D eigenvalue weighted by molar-refractivity contribution is 6.33. The topological polar surface area (TPSA) is 62.9 Å². The van der Waals surface area contributed by atoms with Crippen molar-refractivity contribution in [3.8, 4) is 12.1 Å². The van der Waals surface area contributed by atoms with E-state index in [1.807, 2.05) is 12.1 Å². The summed E-state index contributed by atoms with van der Waals surface area (Å²) in [5, 5.41) is 20.8. The lowest BCUT2D eigenvalue weighted by molar-refractivity contribution is 0.866. The summed E-state index contributed by atoms with van der Waals surface area (Å²) in [6, 6.07) is 9.12. The zero-order valence-electron chi connectivity index (χ0n) is 10.9. The van der Waals surface area contributed by atoms with Crippen LogP contribution in [0.4, 0.5) is 11.4 Å². The van der Waals surface area contributed by atoms with E-state index in [9.17, 15) is 0 Å². The van der Waals surface area contributed by atoms with Crippen LogP contribution >= 0.6 is 11.6 Å². The molecule has 0 heterocycles. The number of hydrogen-bond acceptors (Lipinski definition) is 4. The Balaban J connectivity index is 2.92. The van der Waals surface area contributed by atoms with Crippen LogP contribution in [0.25, 0.3) is 0 Å². The van der Waals surface area contributed by atoms with Gasteiger partial charge in [0.1, 0.15) is 17.7 Å². The first-order valence-electron chi connectivity index (χ1n) is 5.97. The van der Waals surface area contributed by atoms with Gasteiger partial charge in [-0.1, -0.05) is 11.6 Å². The third-order valence-electron chi connectivity index (χ3n) is 2.68. The predicted molar refractivity (Wildman–Crippen MR) is 77.9 cm³/mol. The van der Waals surface area contributed by atoms with Gasteiger partial charge in [0.2, 0.25) is 0 Å². The minimum atomic E-state index is 0.0175. The highest BCUT2D eigenvalue weighted by Gasteiger charge is 2.07. The summed E-state index contributed by atoms with van der Waals surface area (Å²) in [5.41, 5.74) is 1.73. The fraction of sp³-hybridized carbons (Fsp3) is 0.286. The number of hydrogen-bond donors (Lipinski definition) is 1. The molecule has 5 heteroatoms. The first-order chi connectivity index (χ1) is 9.15. The number of allylic oxidation sites excluding steroid dienone is 1. The number of nitrogens with zero attached hydrogens (tertiary/aromatic N) is 3. The Bertz CT molecular complexity index is 532. The number of nitriles is 2. The molecule has 0 saturated carbocycles. The van der Waals surface area contributed by atoms with Crippen molar-refractivity contribution in [1.82, 2.24) is 0 Å². The summed E-state index contributed by atoms with van der Waals surface area (Å²) >= 11 is 6.23. The van der Waals surface area contributed by atoms with Crippen LogP contribution in [0, 0.1) is 22.7 Å². The van der Waals surface area contributed by atoms with E-state index in [4.69, 9.17) is 22.1 Å². The second-order valence-corrected chi connectivity index (χ2v) is 4.17. The molecule has 1 aromatic rings. The van der Waals surface area contributed by atoms with Crippen LogP contribution in [0.3, 0.4) is 0 Å². The standard InChI is InChI=1S/C14H15ClN4/c1-3-19(4-2)14-6-5-12(7-13(14)15)18-10-11(8-16)9-17/h5-7,10,18H,3-4H2,1-2H3. The lowest BCUT2D eigenvalue weighted by Gasteiger charge is -2.22. The van der Waals surface area contributed by atoms with Crippen LogP contribution in [0.2, 0.25) is 5.02 Å².